The van der Waals surface area contributed by atoms with E-state index in [1.54, 1.807) is 45.3 Å². The van der Waals surface area contributed by atoms with Crippen LogP contribution in [-0.4, -0.2) is 23.3 Å². The third kappa shape index (κ3) is 3.37. The van der Waals surface area contributed by atoms with Gasteiger partial charge in [0.05, 0.1) is 6.61 Å². The van der Waals surface area contributed by atoms with Crippen LogP contribution in [0.3, 0.4) is 0 Å². The van der Waals surface area contributed by atoms with E-state index >= 15 is 0 Å². The molecule has 0 bridgehead atoms. The summed E-state index contributed by atoms with van der Waals surface area (Å²) in [4.78, 5) is 27.5. The summed E-state index contributed by atoms with van der Waals surface area (Å²) in [6.07, 6.45) is 3.47. The smallest absolute Gasteiger partial charge is 0.319 e. The van der Waals surface area contributed by atoms with Gasteiger partial charge >= 0.3 is 5.97 Å². The zero-order valence-electron chi connectivity index (χ0n) is 10.4. The normalized spacial score (nSPS) is 11.0. The highest BCUT2D eigenvalue weighted by Crippen LogP contribution is 2.21. The Kier molecular flexibility index (Phi) is 4.37. The molecule has 0 aromatic carbocycles. The Hall–Kier alpha value is -1.71. The van der Waals surface area contributed by atoms with Crippen molar-refractivity contribution in [2.75, 3.05) is 6.61 Å². The van der Waals surface area contributed by atoms with E-state index in [-0.39, 0.29) is 18.8 Å². The van der Waals surface area contributed by atoms with Gasteiger partial charge in [-0.15, -0.1) is 0 Å². The van der Waals surface area contributed by atoms with E-state index in [1.165, 1.54) is 0 Å². The van der Waals surface area contributed by atoms with E-state index in [9.17, 15) is 9.59 Å². The largest absolute Gasteiger partial charge is 0.465 e. The summed E-state index contributed by atoms with van der Waals surface area (Å²) < 4.78 is 4.89. The first-order valence-corrected chi connectivity index (χ1v) is 5.58. The predicted molar refractivity (Wildman–Crippen MR) is 63.4 cm³/mol. The molecule has 0 amide bonds. The number of rotatable bonds is 5. The molecular weight excluding hydrogens is 218 g/mol. The number of ketones is 1. The van der Waals surface area contributed by atoms with Gasteiger partial charge in [0, 0.05) is 18.8 Å². The fraction of sp³-hybridized carbons (Fsp3) is 0.462. The lowest BCUT2D eigenvalue weighted by Gasteiger charge is -2.20. The van der Waals surface area contributed by atoms with Gasteiger partial charge in [0.1, 0.15) is 5.41 Å². The van der Waals surface area contributed by atoms with Crippen molar-refractivity contribution in [2.45, 2.75) is 27.2 Å². The Morgan fingerprint density at radius 1 is 1.29 bits per heavy atom. The molecule has 0 atom stereocenters. The number of hydrogen-bond acceptors (Lipinski definition) is 4. The van der Waals surface area contributed by atoms with Gasteiger partial charge in [-0.1, -0.05) is 0 Å². The first-order valence-electron chi connectivity index (χ1n) is 5.58. The SMILES string of the molecule is CCOC(=O)C(C)(C)C(=O)Cc1ccncc1. The van der Waals surface area contributed by atoms with Crippen LogP contribution in [0, 0.1) is 5.41 Å². The molecule has 4 heteroatoms. The molecule has 0 aliphatic rings. The van der Waals surface area contributed by atoms with E-state index in [2.05, 4.69) is 4.98 Å². The van der Waals surface area contributed by atoms with Crippen LogP contribution in [0.2, 0.25) is 0 Å². The number of carbonyl (C=O) groups excluding carboxylic acids is 2. The molecule has 0 spiro atoms. The maximum absolute atomic E-state index is 12.0. The number of esters is 1. The van der Waals surface area contributed by atoms with E-state index in [0.717, 1.165) is 5.56 Å². The lowest BCUT2D eigenvalue weighted by Crippen LogP contribution is -2.36. The second kappa shape index (κ2) is 5.57. The molecule has 1 rings (SSSR count). The molecule has 4 nitrogen and oxygen atoms in total. The Balaban J connectivity index is 2.73. The molecule has 0 N–H and O–H groups in total. The fourth-order valence-corrected chi connectivity index (χ4v) is 1.33. The molecule has 1 aromatic rings. The number of Topliss-reactive ketones (excluding diaryl/α,β-unsaturated/α-hetero) is 1. The number of hydrogen-bond donors (Lipinski definition) is 0. The average molecular weight is 235 g/mol. The summed E-state index contributed by atoms with van der Waals surface area (Å²) in [5.41, 5.74) is -0.249. The van der Waals surface area contributed by atoms with Gasteiger partial charge in [-0.25, -0.2) is 0 Å². The fourth-order valence-electron chi connectivity index (χ4n) is 1.33. The van der Waals surface area contributed by atoms with Gasteiger partial charge in [0.15, 0.2) is 5.78 Å². The molecule has 0 radical (unpaired) electrons. The Morgan fingerprint density at radius 2 is 1.88 bits per heavy atom. The van der Waals surface area contributed by atoms with Crippen LogP contribution < -0.4 is 0 Å². The monoisotopic (exact) mass is 235 g/mol. The third-order valence-corrected chi connectivity index (χ3v) is 2.60. The number of aromatic nitrogens is 1. The minimum absolute atomic E-state index is 0.151. The molecule has 1 aromatic heterocycles. The summed E-state index contributed by atoms with van der Waals surface area (Å²) in [6.45, 7) is 5.19. The number of pyridine rings is 1. The van der Waals surface area contributed by atoms with Crippen molar-refractivity contribution in [1.82, 2.24) is 4.98 Å². The summed E-state index contributed by atoms with van der Waals surface area (Å²) in [7, 11) is 0. The van der Waals surface area contributed by atoms with E-state index < -0.39 is 11.4 Å². The van der Waals surface area contributed by atoms with Crippen LogP contribution >= 0.6 is 0 Å². The summed E-state index contributed by atoms with van der Waals surface area (Å²) in [5.74, 6) is -0.624. The number of carbonyl (C=O) groups is 2. The minimum atomic E-state index is -1.10. The standard InChI is InChI=1S/C13H17NO3/c1-4-17-12(16)13(2,3)11(15)9-10-5-7-14-8-6-10/h5-8H,4,9H2,1-3H3. The lowest BCUT2D eigenvalue weighted by molar-refractivity contribution is -0.157. The number of ether oxygens (including phenoxy) is 1. The molecule has 0 aliphatic heterocycles. The third-order valence-electron chi connectivity index (χ3n) is 2.60. The molecule has 0 aliphatic carbocycles. The molecule has 0 unspecified atom stereocenters. The molecule has 0 saturated carbocycles. The van der Waals surface area contributed by atoms with E-state index in [0.29, 0.717) is 0 Å². The van der Waals surface area contributed by atoms with Gasteiger partial charge in [-0.3, -0.25) is 14.6 Å². The highest BCUT2D eigenvalue weighted by atomic mass is 16.5. The molecule has 1 heterocycles. The Bertz CT molecular complexity index is 398. The van der Waals surface area contributed by atoms with Gasteiger partial charge in [0.25, 0.3) is 0 Å². The molecule has 92 valence electrons. The lowest BCUT2D eigenvalue weighted by atomic mass is 9.85. The molecule has 0 fully saturated rings. The van der Waals surface area contributed by atoms with Crippen LogP contribution in [0.15, 0.2) is 24.5 Å². The predicted octanol–water partition coefficient (Wildman–Crippen LogP) is 1.78. The summed E-state index contributed by atoms with van der Waals surface area (Å²) >= 11 is 0. The van der Waals surface area contributed by atoms with Crippen LogP contribution in [0.25, 0.3) is 0 Å². The van der Waals surface area contributed by atoms with Crippen LogP contribution in [-0.2, 0) is 20.7 Å². The second-order valence-electron chi connectivity index (χ2n) is 4.30. The van der Waals surface area contributed by atoms with Crippen molar-refractivity contribution in [3.63, 3.8) is 0 Å². The molecule has 17 heavy (non-hydrogen) atoms. The molecule has 0 saturated heterocycles. The van der Waals surface area contributed by atoms with E-state index in [4.69, 9.17) is 4.74 Å². The zero-order chi connectivity index (χ0) is 12.9. The van der Waals surface area contributed by atoms with E-state index in [1.807, 2.05) is 0 Å². The minimum Gasteiger partial charge on any atom is -0.465 e. The Labute approximate surface area is 101 Å². The highest BCUT2D eigenvalue weighted by molar-refractivity contribution is 6.03. The maximum atomic E-state index is 12.0. The summed E-state index contributed by atoms with van der Waals surface area (Å²) in [6, 6.07) is 3.53. The first kappa shape index (κ1) is 13.4. The zero-order valence-corrected chi connectivity index (χ0v) is 10.4. The van der Waals surface area contributed by atoms with Crippen LogP contribution in [0.1, 0.15) is 26.3 Å². The average Bonchev–Trinajstić information content (AvgIpc) is 2.30. The van der Waals surface area contributed by atoms with Gasteiger partial charge in [-0.2, -0.15) is 0 Å². The second-order valence-corrected chi connectivity index (χ2v) is 4.30. The van der Waals surface area contributed by atoms with Crippen LogP contribution in [0.5, 0.6) is 0 Å². The van der Waals surface area contributed by atoms with Gasteiger partial charge in [0.2, 0.25) is 0 Å². The molecular formula is C13H17NO3. The topological polar surface area (TPSA) is 56.3 Å². The van der Waals surface area contributed by atoms with Crippen molar-refractivity contribution in [2.24, 2.45) is 5.41 Å². The van der Waals surface area contributed by atoms with Crippen molar-refractivity contribution in [3.8, 4) is 0 Å². The first-order chi connectivity index (χ1) is 7.98. The van der Waals surface area contributed by atoms with Crippen molar-refractivity contribution in [3.05, 3.63) is 30.1 Å². The van der Waals surface area contributed by atoms with Crippen LogP contribution in [0.4, 0.5) is 0 Å². The van der Waals surface area contributed by atoms with Gasteiger partial charge < -0.3 is 4.74 Å². The number of nitrogens with zero attached hydrogens (tertiary/aromatic N) is 1. The van der Waals surface area contributed by atoms with Crippen molar-refractivity contribution < 1.29 is 14.3 Å². The van der Waals surface area contributed by atoms with Crippen molar-refractivity contribution in [1.29, 1.82) is 0 Å². The maximum Gasteiger partial charge on any atom is 0.319 e. The Morgan fingerprint density at radius 3 is 2.41 bits per heavy atom. The highest BCUT2D eigenvalue weighted by Gasteiger charge is 2.36. The van der Waals surface area contributed by atoms with Crippen molar-refractivity contribution >= 4 is 11.8 Å². The quantitative estimate of drug-likeness (QED) is 0.576. The van der Waals surface area contributed by atoms with Gasteiger partial charge in [-0.05, 0) is 38.5 Å². The summed E-state index contributed by atoms with van der Waals surface area (Å²) in [5, 5.41) is 0.